The number of hydrogen-bond donors (Lipinski definition) is 5. The molecule has 6 N–H and O–H groups in total. The maximum atomic E-state index is 12.7. The van der Waals surface area contributed by atoms with Crippen LogP contribution < -0.4 is 16.5 Å². The highest BCUT2D eigenvalue weighted by molar-refractivity contribution is 5.93. The third kappa shape index (κ3) is 8.17. The van der Waals surface area contributed by atoms with Gasteiger partial charge in [-0.2, -0.15) is 5.10 Å². The van der Waals surface area contributed by atoms with E-state index in [0.717, 1.165) is 21.9 Å². The number of benzene rings is 3. The molecule has 0 heterocycles. The maximum Gasteiger partial charge on any atom is 0.326 e. The first-order chi connectivity index (χ1) is 17.7. The van der Waals surface area contributed by atoms with Gasteiger partial charge < -0.3 is 26.7 Å². The average molecular weight is 505 g/mol. The highest BCUT2D eigenvalue weighted by Gasteiger charge is 2.28. The number of nitrogens with zero attached hydrogens (tertiary/aromatic N) is 1. The molecule has 0 aliphatic rings. The Morgan fingerprint density at radius 1 is 0.865 bits per heavy atom. The predicted octanol–water partition coefficient (Wildman–Crippen LogP) is 1.84. The number of nitrogens with one attached hydrogen (secondary N) is 2. The van der Waals surface area contributed by atoms with Crippen molar-refractivity contribution in [1.82, 2.24) is 10.6 Å². The van der Waals surface area contributed by atoms with Crippen molar-refractivity contribution in [3.8, 4) is 0 Å². The number of aryl methyl sites for hydroxylation is 1. The Labute approximate surface area is 213 Å². The molecule has 2 amide bonds. The zero-order valence-electron chi connectivity index (χ0n) is 20.0. The Bertz CT molecular complexity index is 1310. The number of hydrazone groups is 1. The summed E-state index contributed by atoms with van der Waals surface area (Å²) >= 11 is 0. The van der Waals surface area contributed by atoms with E-state index >= 15 is 0 Å². The fourth-order valence-electron chi connectivity index (χ4n) is 3.87. The summed E-state index contributed by atoms with van der Waals surface area (Å²) in [5, 5.41) is 29.0. The number of carboxylic acids is 2. The highest BCUT2D eigenvalue weighted by atomic mass is 16.4. The molecule has 0 bridgehead atoms. The Kier molecular flexibility index (Phi) is 9.31. The second-order valence-electron chi connectivity index (χ2n) is 8.53. The van der Waals surface area contributed by atoms with Crippen molar-refractivity contribution in [1.29, 1.82) is 0 Å². The van der Waals surface area contributed by atoms with Crippen molar-refractivity contribution in [3.05, 3.63) is 83.4 Å². The zero-order valence-corrected chi connectivity index (χ0v) is 20.0. The summed E-state index contributed by atoms with van der Waals surface area (Å²) in [6.45, 7) is 0. The Hall–Kier alpha value is -4.73. The van der Waals surface area contributed by atoms with Gasteiger partial charge in [0.15, 0.2) is 0 Å². The van der Waals surface area contributed by atoms with Crippen molar-refractivity contribution in [2.24, 2.45) is 10.9 Å². The quantitative estimate of drug-likeness (QED) is 0.142. The molecule has 2 atom stereocenters. The van der Waals surface area contributed by atoms with E-state index in [-0.39, 0.29) is 12.8 Å². The van der Waals surface area contributed by atoms with Crippen LogP contribution in [0.25, 0.3) is 10.8 Å². The van der Waals surface area contributed by atoms with Crippen LogP contribution in [0.1, 0.15) is 29.5 Å². The van der Waals surface area contributed by atoms with E-state index in [2.05, 4.69) is 15.7 Å². The van der Waals surface area contributed by atoms with Crippen LogP contribution in [-0.2, 0) is 32.0 Å². The van der Waals surface area contributed by atoms with E-state index in [1.807, 2.05) is 36.4 Å². The molecule has 0 aromatic heterocycles. The van der Waals surface area contributed by atoms with Gasteiger partial charge in [0.2, 0.25) is 11.8 Å². The summed E-state index contributed by atoms with van der Waals surface area (Å²) in [5.41, 5.74) is 2.43. The summed E-state index contributed by atoms with van der Waals surface area (Å²) in [6.07, 6.45) is 1.25. The van der Waals surface area contributed by atoms with Gasteiger partial charge in [-0.25, -0.2) is 4.79 Å². The minimum absolute atomic E-state index is 0.0120. The molecule has 10 heteroatoms. The molecule has 3 aromatic carbocycles. The molecule has 3 rings (SSSR count). The standard InChI is InChI=1S/C27H28N4O6/c28-29-16-19-7-10-20-12-18(6-9-21(20)13-19)8-11-24(32)30-22(15-25(33)34)26(35)31-23(27(36)37)14-17-4-2-1-3-5-17/h1-7,9-10,12-13,16,22-23H,8,11,14-15,28H2,(H,30,32)(H,31,35)(H,33,34)(H,36,37)/t22-,23-/m0/s1. The molecule has 0 aliphatic carbocycles. The van der Waals surface area contributed by atoms with Crippen LogP contribution in [0.3, 0.4) is 0 Å². The van der Waals surface area contributed by atoms with Crippen molar-refractivity contribution in [3.63, 3.8) is 0 Å². The number of aliphatic carboxylic acids is 2. The van der Waals surface area contributed by atoms with Gasteiger partial charge in [-0.05, 0) is 39.9 Å². The second kappa shape index (κ2) is 12.8. The molecular weight excluding hydrogens is 476 g/mol. The monoisotopic (exact) mass is 504 g/mol. The summed E-state index contributed by atoms with van der Waals surface area (Å²) in [5.74, 6) is 1.23. The van der Waals surface area contributed by atoms with Crippen molar-refractivity contribution >= 4 is 40.7 Å². The highest BCUT2D eigenvalue weighted by Crippen LogP contribution is 2.18. The van der Waals surface area contributed by atoms with Crippen LogP contribution in [0.5, 0.6) is 0 Å². The minimum atomic E-state index is -1.41. The number of hydrogen-bond acceptors (Lipinski definition) is 6. The van der Waals surface area contributed by atoms with E-state index in [0.29, 0.717) is 12.0 Å². The Morgan fingerprint density at radius 2 is 1.57 bits per heavy atom. The van der Waals surface area contributed by atoms with Gasteiger partial charge in [0.1, 0.15) is 12.1 Å². The fraction of sp³-hybridized carbons (Fsp3) is 0.222. The summed E-state index contributed by atoms with van der Waals surface area (Å²) in [7, 11) is 0. The largest absolute Gasteiger partial charge is 0.481 e. The van der Waals surface area contributed by atoms with Gasteiger partial charge >= 0.3 is 11.9 Å². The molecule has 0 saturated carbocycles. The molecular formula is C27H28N4O6. The normalized spacial score (nSPS) is 12.6. The molecule has 37 heavy (non-hydrogen) atoms. The number of carboxylic acid groups (broad SMARTS) is 2. The van der Waals surface area contributed by atoms with Crippen LogP contribution in [0.2, 0.25) is 0 Å². The lowest BCUT2D eigenvalue weighted by Gasteiger charge is -2.20. The molecule has 0 fully saturated rings. The lowest BCUT2D eigenvalue weighted by Crippen LogP contribution is -2.53. The number of carbonyl (C=O) groups is 4. The van der Waals surface area contributed by atoms with E-state index < -0.39 is 42.3 Å². The zero-order chi connectivity index (χ0) is 26.8. The first-order valence-corrected chi connectivity index (χ1v) is 11.6. The number of amides is 2. The van der Waals surface area contributed by atoms with Crippen molar-refractivity contribution in [2.45, 2.75) is 37.8 Å². The lowest BCUT2D eigenvalue weighted by atomic mass is 10.0. The minimum Gasteiger partial charge on any atom is -0.481 e. The number of nitrogens with two attached hydrogens (primary N) is 1. The molecule has 0 radical (unpaired) electrons. The van der Waals surface area contributed by atoms with Gasteiger partial charge in [0, 0.05) is 12.8 Å². The predicted molar refractivity (Wildman–Crippen MR) is 138 cm³/mol. The van der Waals surface area contributed by atoms with Gasteiger partial charge in [-0.3, -0.25) is 14.4 Å². The van der Waals surface area contributed by atoms with Crippen LogP contribution in [0.4, 0.5) is 0 Å². The smallest absolute Gasteiger partial charge is 0.326 e. The third-order valence-corrected chi connectivity index (χ3v) is 5.72. The van der Waals surface area contributed by atoms with Gasteiger partial charge in [-0.15, -0.1) is 0 Å². The first-order valence-electron chi connectivity index (χ1n) is 11.6. The molecule has 0 spiro atoms. The number of fused-ring (bicyclic) bond motifs is 1. The number of carbonyl (C=O) groups excluding carboxylic acids is 2. The van der Waals surface area contributed by atoms with Gasteiger partial charge in [0.05, 0.1) is 12.6 Å². The van der Waals surface area contributed by atoms with Crippen LogP contribution in [-0.4, -0.2) is 52.3 Å². The van der Waals surface area contributed by atoms with Gasteiger partial charge in [-0.1, -0.05) is 60.7 Å². The van der Waals surface area contributed by atoms with E-state index in [1.165, 1.54) is 0 Å². The van der Waals surface area contributed by atoms with Crippen molar-refractivity contribution < 1.29 is 29.4 Å². The van der Waals surface area contributed by atoms with Crippen LogP contribution >= 0.6 is 0 Å². The molecule has 0 unspecified atom stereocenters. The average Bonchev–Trinajstić information content (AvgIpc) is 2.87. The molecule has 0 saturated heterocycles. The summed E-state index contributed by atoms with van der Waals surface area (Å²) in [6, 6.07) is 17.5. The summed E-state index contributed by atoms with van der Waals surface area (Å²) in [4.78, 5) is 48.3. The number of rotatable bonds is 12. The molecule has 3 aromatic rings. The first kappa shape index (κ1) is 26.9. The molecule has 0 aliphatic heterocycles. The van der Waals surface area contributed by atoms with E-state index in [4.69, 9.17) is 5.84 Å². The lowest BCUT2D eigenvalue weighted by molar-refractivity contribution is -0.143. The SMILES string of the molecule is NN=Cc1ccc2cc(CCC(=O)N[C@@H](CC(=O)O)C(=O)N[C@@H](Cc3ccccc3)C(=O)O)ccc2c1. The maximum absolute atomic E-state index is 12.7. The fourth-order valence-corrected chi connectivity index (χ4v) is 3.87. The van der Waals surface area contributed by atoms with Crippen molar-refractivity contribution in [2.75, 3.05) is 0 Å². The van der Waals surface area contributed by atoms with Crippen LogP contribution in [0, 0.1) is 0 Å². The third-order valence-electron chi connectivity index (χ3n) is 5.72. The van der Waals surface area contributed by atoms with E-state index in [1.54, 1.807) is 36.5 Å². The van der Waals surface area contributed by atoms with Crippen LogP contribution in [0.15, 0.2) is 71.8 Å². The second-order valence-corrected chi connectivity index (χ2v) is 8.53. The van der Waals surface area contributed by atoms with Gasteiger partial charge in [0.25, 0.3) is 0 Å². The molecule has 192 valence electrons. The Morgan fingerprint density at radius 3 is 2.24 bits per heavy atom. The van der Waals surface area contributed by atoms with E-state index in [9.17, 15) is 29.4 Å². The summed E-state index contributed by atoms with van der Waals surface area (Å²) < 4.78 is 0. The Balaban J connectivity index is 1.62. The molecule has 10 nitrogen and oxygen atoms in total. The topological polar surface area (TPSA) is 171 Å².